The summed E-state index contributed by atoms with van der Waals surface area (Å²) in [6.07, 6.45) is 3.73. The first-order valence-corrected chi connectivity index (χ1v) is 13.8. The standard InChI is InChI=1S/C25H23IN2O5S2/c1-5-33-24(31)20-13(2)27-25-28(21(20)15-6-8-16(34-4)9-7-15)23(30)19(35-25)12-14-10-17(26)22(29)18(11-14)32-3/h6-12,21,29H,5H2,1-4H3/b19-12-/t21-/m0/s1. The fourth-order valence-electron chi connectivity index (χ4n) is 3.88. The number of aromatic nitrogens is 1. The first-order chi connectivity index (χ1) is 16.8. The largest absolute Gasteiger partial charge is 0.504 e. The van der Waals surface area contributed by atoms with Gasteiger partial charge in [-0.25, -0.2) is 9.79 Å². The molecule has 0 fully saturated rings. The van der Waals surface area contributed by atoms with E-state index in [2.05, 4.69) is 4.99 Å². The van der Waals surface area contributed by atoms with E-state index in [9.17, 15) is 14.7 Å². The number of aromatic hydroxyl groups is 1. The number of hydrogen-bond acceptors (Lipinski definition) is 8. The number of carbonyl (C=O) groups excluding carboxylic acids is 1. The first-order valence-electron chi connectivity index (χ1n) is 10.7. The Morgan fingerprint density at radius 1 is 1.31 bits per heavy atom. The minimum absolute atomic E-state index is 0.0510. The average Bonchev–Trinajstić information content (AvgIpc) is 3.14. The molecule has 1 aliphatic heterocycles. The van der Waals surface area contributed by atoms with E-state index in [1.807, 2.05) is 53.1 Å². The number of benzene rings is 2. The van der Waals surface area contributed by atoms with Gasteiger partial charge in [0.15, 0.2) is 16.3 Å². The van der Waals surface area contributed by atoms with Crippen LogP contribution in [-0.4, -0.2) is 35.6 Å². The van der Waals surface area contributed by atoms with Crippen LogP contribution < -0.4 is 19.6 Å². The first kappa shape index (κ1) is 25.5. The summed E-state index contributed by atoms with van der Waals surface area (Å²) in [4.78, 5) is 32.8. The molecule has 0 aliphatic carbocycles. The highest BCUT2D eigenvalue weighted by Crippen LogP contribution is 2.33. The number of nitrogens with zero attached hydrogens (tertiary/aromatic N) is 2. The number of phenolic OH excluding ortho intramolecular Hbond substituents is 1. The Kier molecular flexibility index (Phi) is 7.72. The number of methoxy groups -OCH3 is 1. The van der Waals surface area contributed by atoms with Gasteiger partial charge in [-0.2, -0.15) is 0 Å². The number of ether oxygens (including phenoxy) is 2. The van der Waals surface area contributed by atoms with Crippen LogP contribution >= 0.6 is 45.7 Å². The van der Waals surface area contributed by atoms with Gasteiger partial charge in [0.05, 0.1) is 39.1 Å². The van der Waals surface area contributed by atoms with Gasteiger partial charge in [-0.3, -0.25) is 9.36 Å². The van der Waals surface area contributed by atoms with Gasteiger partial charge >= 0.3 is 5.97 Å². The monoisotopic (exact) mass is 622 g/mol. The van der Waals surface area contributed by atoms with Gasteiger partial charge in [0.2, 0.25) is 0 Å². The van der Waals surface area contributed by atoms with Crippen LogP contribution in [0, 0.1) is 3.57 Å². The summed E-state index contributed by atoms with van der Waals surface area (Å²) < 4.78 is 13.2. The second kappa shape index (κ2) is 10.6. The highest BCUT2D eigenvalue weighted by Gasteiger charge is 2.33. The van der Waals surface area contributed by atoms with Crippen molar-refractivity contribution in [2.24, 2.45) is 4.99 Å². The Balaban J connectivity index is 1.94. The zero-order valence-electron chi connectivity index (χ0n) is 19.5. The Bertz CT molecular complexity index is 1510. The average molecular weight is 623 g/mol. The number of fused-ring (bicyclic) bond motifs is 1. The van der Waals surface area contributed by atoms with Crippen molar-refractivity contribution in [1.82, 2.24) is 4.57 Å². The van der Waals surface area contributed by atoms with Gasteiger partial charge in [0, 0.05) is 4.90 Å². The second-order valence-corrected chi connectivity index (χ2v) is 10.7. The van der Waals surface area contributed by atoms with Crippen molar-refractivity contribution in [3.63, 3.8) is 0 Å². The van der Waals surface area contributed by atoms with Crippen molar-refractivity contribution in [3.05, 3.63) is 82.1 Å². The van der Waals surface area contributed by atoms with Crippen LogP contribution in [0.5, 0.6) is 11.5 Å². The molecular weight excluding hydrogens is 599 g/mol. The minimum Gasteiger partial charge on any atom is -0.504 e. The number of halogens is 1. The zero-order chi connectivity index (χ0) is 25.3. The van der Waals surface area contributed by atoms with Crippen LogP contribution in [0.4, 0.5) is 0 Å². The quantitative estimate of drug-likeness (QED) is 0.256. The lowest BCUT2D eigenvalue weighted by atomic mass is 9.96. The number of rotatable bonds is 6. The van der Waals surface area contributed by atoms with Gasteiger partial charge in [-0.05, 0) is 84.2 Å². The predicted octanol–water partition coefficient (Wildman–Crippen LogP) is 3.84. The van der Waals surface area contributed by atoms with E-state index in [1.165, 1.54) is 18.4 Å². The number of allylic oxidation sites excluding steroid dienone is 1. The molecule has 0 saturated carbocycles. The lowest BCUT2D eigenvalue weighted by Crippen LogP contribution is -2.39. The fourth-order valence-corrected chi connectivity index (χ4v) is 5.96. The lowest BCUT2D eigenvalue weighted by Gasteiger charge is -2.24. The molecule has 0 spiro atoms. The predicted molar refractivity (Wildman–Crippen MR) is 146 cm³/mol. The normalized spacial score (nSPS) is 15.6. The van der Waals surface area contributed by atoms with Crippen molar-refractivity contribution < 1.29 is 19.4 Å². The van der Waals surface area contributed by atoms with E-state index in [0.29, 0.717) is 35.5 Å². The molecule has 1 aliphatic rings. The molecule has 182 valence electrons. The number of thioether (sulfide) groups is 1. The lowest BCUT2D eigenvalue weighted by molar-refractivity contribution is -0.139. The third-order valence-electron chi connectivity index (χ3n) is 5.52. The van der Waals surface area contributed by atoms with E-state index in [1.54, 1.807) is 48.4 Å². The Hall–Kier alpha value is -2.57. The molecule has 0 amide bonds. The molecule has 0 radical (unpaired) electrons. The van der Waals surface area contributed by atoms with Crippen molar-refractivity contribution in [1.29, 1.82) is 0 Å². The Morgan fingerprint density at radius 2 is 2.03 bits per heavy atom. The maximum absolute atomic E-state index is 13.7. The maximum Gasteiger partial charge on any atom is 0.338 e. The van der Waals surface area contributed by atoms with Crippen molar-refractivity contribution in [2.75, 3.05) is 20.0 Å². The molecule has 35 heavy (non-hydrogen) atoms. The zero-order valence-corrected chi connectivity index (χ0v) is 23.3. The SMILES string of the molecule is CCOC(=O)C1=C(C)N=c2s/c(=C\c3cc(I)c(O)c(OC)c3)c(=O)n2[C@H]1c1ccc(SC)cc1. The molecule has 0 unspecified atom stereocenters. The number of carbonyl (C=O) groups is 1. The van der Waals surface area contributed by atoms with Gasteiger partial charge in [0.1, 0.15) is 0 Å². The molecule has 1 aromatic heterocycles. The highest BCUT2D eigenvalue weighted by molar-refractivity contribution is 14.1. The third kappa shape index (κ3) is 4.91. The van der Waals surface area contributed by atoms with Crippen LogP contribution in [0.15, 0.2) is 62.4 Å². The molecule has 7 nitrogen and oxygen atoms in total. The van der Waals surface area contributed by atoms with E-state index < -0.39 is 12.0 Å². The van der Waals surface area contributed by atoms with Crippen LogP contribution in [-0.2, 0) is 9.53 Å². The molecule has 0 saturated heterocycles. The van der Waals surface area contributed by atoms with Crippen molar-refractivity contribution in [3.8, 4) is 11.5 Å². The summed E-state index contributed by atoms with van der Waals surface area (Å²) in [5.41, 5.74) is 2.12. The molecule has 10 heteroatoms. The Labute approximate surface area is 224 Å². The number of hydrogen-bond donors (Lipinski definition) is 1. The van der Waals surface area contributed by atoms with Gasteiger partial charge in [-0.15, -0.1) is 11.8 Å². The van der Waals surface area contributed by atoms with E-state index in [4.69, 9.17) is 9.47 Å². The summed E-state index contributed by atoms with van der Waals surface area (Å²) >= 11 is 4.88. The molecule has 1 N–H and O–H groups in total. The Morgan fingerprint density at radius 3 is 2.66 bits per heavy atom. The van der Waals surface area contributed by atoms with Crippen LogP contribution in [0.3, 0.4) is 0 Å². The molecule has 4 rings (SSSR count). The second-order valence-electron chi connectivity index (χ2n) is 7.63. The molecule has 2 aromatic carbocycles. The molecule has 2 heterocycles. The molecule has 1 atom stereocenters. The number of esters is 1. The highest BCUT2D eigenvalue weighted by atomic mass is 127. The van der Waals surface area contributed by atoms with Gasteiger partial charge in [-0.1, -0.05) is 23.5 Å². The minimum atomic E-state index is -0.655. The van der Waals surface area contributed by atoms with E-state index in [0.717, 1.165) is 10.5 Å². The summed E-state index contributed by atoms with van der Waals surface area (Å²) in [7, 11) is 1.48. The van der Waals surface area contributed by atoms with E-state index >= 15 is 0 Å². The van der Waals surface area contributed by atoms with Crippen molar-refractivity contribution >= 4 is 57.7 Å². The molecular formula is C25H23IN2O5S2. The van der Waals surface area contributed by atoms with Crippen molar-refractivity contribution in [2.45, 2.75) is 24.8 Å². The summed E-state index contributed by atoms with van der Waals surface area (Å²) in [5, 5.41) is 10.2. The maximum atomic E-state index is 13.7. The fraction of sp³-hybridized carbons (Fsp3) is 0.240. The smallest absolute Gasteiger partial charge is 0.338 e. The van der Waals surface area contributed by atoms with Gasteiger partial charge < -0.3 is 14.6 Å². The summed E-state index contributed by atoms with van der Waals surface area (Å²) in [6, 6.07) is 10.6. The number of phenols is 1. The summed E-state index contributed by atoms with van der Waals surface area (Å²) in [6.45, 7) is 3.73. The third-order valence-corrected chi connectivity index (χ3v) is 8.07. The summed E-state index contributed by atoms with van der Waals surface area (Å²) in [5.74, 6) is -0.113. The number of thiazole rings is 1. The van der Waals surface area contributed by atoms with E-state index in [-0.39, 0.29) is 17.9 Å². The van der Waals surface area contributed by atoms with Gasteiger partial charge in [0.25, 0.3) is 5.56 Å². The molecule has 0 bridgehead atoms. The molecule has 3 aromatic rings. The van der Waals surface area contributed by atoms with Crippen LogP contribution in [0.2, 0.25) is 0 Å². The van der Waals surface area contributed by atoms with Crippen LogP contribution in [0.25, 0.3) is 6.08 Å². The van der Waals surface area contributed by atoms with Crippen LogP contribution in [0.1, 0.15) is 31.0 Å². The topological polar surface area (TPSA) is 90.1 Å².